The van der Waals surface area contributed by atoms with Crippen molar-refractivity contribution in [3.63, 3.8) is 0 Å². The van der Waals surface area contributed by atoms with E-state index in [0.29, 0.717) is 5.92 Å². The predicted molar refractivity (Wildman–Crippen MR) is 94.1 cm³/mol. The molecule has 0 bridgehead atoms. The monoisotopic (exact) mass is 329 g/mol. The minimum atomic E-state index is -0.364. The molecule has 2 aliphatic carbocycles. The lowest BCUT2D eigenvalue weighted by molar-refractivity contribution is -0.140. The third kappa shape index (κ3) is 3.25. The van der Waals surface area contributed by atoms with Crippen molar-refractivity contribution < 1.29 is 14.4 Å². The zero-order chi connectivity index (χ0) is 17.0. The summed E-state index contributed by atoms with van der Waals surface area (Å²) in [6.07, 6.45) is 6.90. The number of ether oxygens (including phenoxy) is 1. The molecule has 2 atom stereocenters. The van der Waals surface area contributed by atoms with E-state index in [-0.39, 0.29) is 11.4 Å². The van der Waals surface area contributed by atoms with Crippen LogP contribution in [-0.4, -0.2) is 24.9 Å². The Bertz CT molecular complexity index is 625. The van der Waals surface area contributed by atoms with Crippen molar-refractivity contribution in [3.05, 3.63) is 35.4 Å². The molecule has 0 radical (unpaired) electrons. The molecule has 4 heteroatoms. The van der Waals surface area contributed by atoms with Gasteiger partial charge in [0.1, 0.15) is 0 Å². The molecule has 1 fully saturated rings. The summed E-state index contributed by atoms with van der Waals surface area (Å²) in [6, 6.07) is 8.51. The van der Waals surface area contributed by atoms with Crippen LogP contribution in [0.25, 0.3) is 0 Å². The molecular weight excluding hydrogens is 302 g/mol. The highest BCUT2D eigenvalue weighted by molar-refractivity contribution is 6.03. The van der Waals surface area contributed by atoms with E-state index in [0.717, 1.165) is 37.3 Å². The van der Waals surface area contributed by atoms with Crippen LogP contribution in [0.2, 0.25) is 0 Å². The Morgan fingerprint density at radius 2 is 2.17 bits per heavy atom. The van der Waals surface area contributed by atoms with E-state index in [1.54, 1.807) is 0 Å². The molecule has 0 spiro atoms. The fourth-order valence-corrected chi connectivity index (χ4v) is 4.54. The Kier molecular flexibility index (Phi) is 5.34. The van der Waals surface area contributed by atoms with Crippen LogP contribution in [0.4, 0.5) is 0 Å². The molecule has 0 aliphatic heterocycles. The van der Waals surface area contributed by atoms with E-state index in [1.165, 1.54) is 38.2 Å². The van der Waals surface area contributed by atoms with Crippen LogP contribution in [0.3, 0.4) is 0 Å². The number of rotatable bonds is 5. The van der Waals surface area contributed by atoms with Gasteiger partial charge in [-0.3, -0.25) is 0 Å². The van der Waals surface area contributed by atoms with Crippen molar-refractivity contribution in [1.82, 2.24) is 0 Å². The summed E-state index contributed by atoms with van der Waals surface area (Å²) in [5.41, 5.74) is 3.61. The normalized spacial score (nSPS) is 27.4. The molecule has 4 nitrogen and oxygen atoms in total. The molecule has 2 unspecified atom stereocenters. The van der Waals surface area contributed by atoms with Crippen LogP contribution in [0, 0.1) is 5.92 Å². The number of nitrogens with zero attached hydrogens (tertiary/aromatic N) is 1. The van der Waals surface area contributed by atoms with Gasteiger partial charge in [-0.25, -0.2) is 4.79 Å². The molecule has 2 aliphatic rings. The Morgan fingerprint density at radius 3 is 2.96 bits per heavy atom. The van der Waals surface area contributed by atoms with E-state index in [1.807, 2.05) is 6.07 Å². The standard InChI is InChI=1S/C20H27NO3/c1-3-23-13-12-20-11-7-6-8-16(20)14-19(21-24-15(2)22)17-9-4-5-10-18(17)20/h4-5,9-10,16H,3,6-8,11-14H2,1-2H3/b21-19-. The maximum Gasteiger partial charge on any atom is 0.331 e. The highest BCUT2D eigenvalue weighted by atomic mass is 16.7. The second-order valence-corrected chi connectivity index (χ2v) is 6.92. The Hall–Kier alpha value is -1.68. The van der Waals surface area contributed by atoms with Gasteiger partial charge in [-0.1, -0.05) is 42.3 Å². The molecule has 0 aromatic heterocycles. The van der Waals surface area contributed by atoms with Gasteiger partial charge in [0.05, 0.1) is 5.71 Å². The van der Waals surface area contributed by atoms with Crippen LogP contribution < -0.4 is 0 Å². The second kappa shape index (κ2) is 7.47. The maximum atomic E-state index is 11.2. The van der Waals surface area contributed by atoms with Gasteiger partial charge in [0.25, 0.3) is 0 Å². The van der Waals surface area contributed by atoms with Gasteiger partial charge in [0, 0.05) is 31.1 Å². The third-order valence-electron chi connectivity index (χ3n) is 5.60. The first-order valence-corrected chi connectivity index (χ1v) is 9.09. The Balaban J connectivity index is 2.00. The zero-order valence-electron chi connectivity index (χ0n) is 14.7. The number of benzene rings is 1. The van der Waals surface area contributed by atoms with Gasteiger partial charge in [-0.05, 0) is 44.1 Å². The van der Waals surface area contributed by atoms with Gasteiger partial charge in [-0.2, -0.15) is 0 Å². The minimum absolute atomic E-state index is 0.180. The van der Waals surface area contributed by atoms with E-state index < -0.39 is 0 Å². The molecule has 0 saturated heterocycles. The molecule has 24 heavy (non-hydrogen) atoms. The average Bonchev–Trinajstić information content (AvgIpc) is 2.60. The van der Waals surface area contributed by atoms with E-state index in [4.69, 9.17) is 9.57 Å². The lowest BCUT2D eigenvalue weighted by atomic mass is 9.55. The smallest absolute Gasteiger partial charge is 0.331 e. The van der Waals surface area contributed by atoms with Crippen molar-refractivity contribution in [1.29, 1.82) is 0 Å². The van der Waals surface area contributed by atoms with E-state index in [9.17, 15) is 4.79 Å². The molecule has 1 aromatic carbocycles. The molecule has 0 N–H and O–H groups in total. The maximum absolute atomic E-state index is 11.2. The minimum Gasteiger partial charge on any atom is -0.382 e. The first kappa shape index (κ1) is 17.2. The summed E-state index contributed by atoms with van der Waals surface area (Å²) >= 11 is 0. The fourth-order valence-electron chi connectivity index (χ4n) is 4.54. The van der Waals surface area contributed by atoms with Crippen molar-refractivity contribution in [2.45, 2.75) is 57.8 Å². The van der Waals surface area contributed by atoms with Crippen molar-refractivity contribution in [2.24, 2.45) is 11.1 Å². The zero-order valence-corrected chi connectivity index (χ0v) is 14.7. The van der Waals surface area contributed by atoms with Crippen molar-refractivity contribution in [2.75, 3.05) is 13.2 Å². The summed E-state index contributed by atoms with van der Waals surface area (Å²) in [6.45, 7) is 5.01. The van der Waals surface area contributed by atoms with Gasteiger partial charge in [0.15, 0.2) is 0 Å². The summed E-state index contributed by atoms with van der Waals surface area (Å²) < 4.78 is 5.70. The molecular formula is C20H27NO3. The summed E-state index contributed by atoms with van der Waals surface area (Å²) in [5.74, 6) is 0.188. The Morgan fingerprint density at radius 1 is 1.33 bits per heavy atom. The highest BCUT2D eigenvalue weighted by Gasteiger charge is 2.46. The summed E-state index contributed by atoms with van der Waals surface area (Å²) in [4.78, 5) is 16.1. The van der Waals surface area contributed by atoms with Crippen molar-refractivity contribution in [3.8, 4) is 0 Å². The van der Waals surface area contributed by atoms with Crippen LogP contribution in [0.1, 0.15) is 63.5 Å². The first-order chi connectivity index (χ1) is 11.7. The topological polar surface area (TPSA) is 47.9 Å². The number of hydrogen-bond donors (Lipinski definition) is 0. The SMILES string of the molecule is CCOCCC12CCCCC1C/C(=N/OC(C)=O)c1ccccc12. The number of hydrogen-bond acceptors (Lipinski definition) is 4. The van der Waals surface area contributed by atoms with Crippen LogP contribution in [-0.2, 0) is 19.8 Å². The fraction of sp³-hybridized carbons (Fsp3) is 0.600. The molecule has 3 rings (SSSR count). The van der Waals surface area contributed by atoms with Gasteiger partial charge >= 0.3 is 5.97 Å². The molecule has 1 saturated carbocycles. The van der Waals surface area contributed by atoms with Crippen molar-refractivity contribution >= 4 is 11.7 Å². The number of carbonyl (C=O) groups excluding carboxylic acids is 1. The predicted octanol–water partition coefficient (Wildman–Crippen LogP) is 4.21. The number of oxime groups is 1. The van der Waals surface area contributed by atoms with E-state index >= 15 is 0 Å². The number of carbonyl (C=O) groups is 1. The van der Waals surface area contributed by atoms with Crippen LogP contribution in [0.15, 0.2) is 29.4 Å². The average molecular weight is 329 g/mol. The first-order valence-electron chi connectivity index (χ1n) is 9.09. The quantitative estimate of drug-likeness (QED) is 0.462. The lowest BCUT2D eigenvalue weighted by Crippen LogP contribution is -2.44. The van der Waals surface area contributed by atoms with Crippen LogP contribution in [0.5, 0.6) is 0 Å². The van der Waals surface area contributed by atoms with Gasteiger partial charge in [0.2, 0.25) is 0 Å². The third-order valence-corrected chi connectivity index (χ3v) is 5.60. The van der Waals surface area contributed by atoms with Gasteiger partial charge < -0.3 is 9.57 Å². The second-order valence-electron chi connectivity index (χ2n) is 6.92. The van der Waals surface area contributed by atoms with Crippen LogP contribution >= 0.6 is 0 Å². The summed E-state index contributed by atoms with van der Waals surface area (Å²) in [5, 5.41) is 4.18. The largest absolute Gasteiger partial charge is 0.382 e. The molecule has 0 amide bonds. The van der Waals surface area contributed by atoms with E-state index in [2.05, 4.69) is 30.3 Å². The molecule has 1 aromatic rings. The molecule has 130 valence electrons. The number of fused-ring (bicyclic) bond motifs is 3. The van der Waals surface area contributed by atoms with Gasteiger partial charge in [-0.15, -0.1) is 0 Å². The lowest BCUT2D eigenvalue weighted by Gasteiger charge is -2.49. The summed E-state index contributed by atoms with van der Waals surface area (Å²) in [7, 11) is 0. The molecule has 0 heterocycles. The highest BCUT2D eigenvalue weighted by Crippen LogP contribution is 2.52. The Labute approximate surface area is 144 Å².